The molecule has 0 radical (unpaired) electrons. The van der Waals surface area contributed by atoms with Crippen LogP contribution in [0.25, 0.3) is 0 Å². The van der Waals surface area contributed by atoms with Gasteiger partial charge in [0.2, 0.25) is 10.0 Å². The molecule has 0 aromatic heterocycles. The summed E-state index contributed by atoms with van der Waals surface area (Å²) in [5.41, 5.74) is 0. The third kappa shape index (κ3) is 5.68. The summed E-state index contributed by atoms with van der Waals surface area (Å²) >= 11 is 5.81. The summed E-state index contributed by atoms with van der Waals surface area (Å²) in [5, 5.41) is 13.4. The van der Waals surface area contributed by atoms with Crippen LogP contribution in [0.4, 0.5) is 0 Å². The van der Waals surface area contributed by atoms with Crippen LogP contribution >= 0.6 is 11.6 Å². The Morgan fingerprint density at radius 1 is 1.33 bits per heavy atom. The topological polar surface area (TPSA) is 87.7 Å². The second kappa shape index (κ2) is 8.60. The van der Waals surface area contributed by atoms with Crippen molar-refractivity contribution in [3.63, 3.8) is 0 Å². The molecule has 1 aromatic carbocycles. The summed E-state index contributed by atoms with van der Waals surface area (Å²) in [6.45, 7) is 5.01. The van der Waals surface area contributed by atoms with Gasteiger partial charge < -0.3 is 15.2 Å². The molecular formula is C16H25ClN2O4S. The van der Waals surface area contributed by atoms with E-state index >= 15 is 0 Å². The molecule has 0 bridgehead atoms. The molecule has 6 nitrogen and oxygen atoms in total. The molecule has 1 aliphatic rings. The number of nitrogens with one attached hydrogen (secondary N) is 2. The van der Waals surface area contributed by atoms with E-state index in [9.17, 15) is 13.5 Å². The smallest absolute Gasteiger partial charge is 0.240 e. The lowest BCUT2D eigenvalue weighted by Crippen LogP contribution is -2.47. The first-order chi connectivity index (χ1) is 11.3. The van der Waals surface area contributed by atoms with Crippen molar-refractivity contribution in [1.82, 2.24) is 10.0 Å². The Morgan fingerprint density at radius 2 is 2.00 bits per heavy atom. The first-order valence-electron chi connectivity index (χ1n) is 8.09. The number of halogens is 1. The van der Waals surface area contributed by atoms with Crippen LogP contribution in [0, 0.1) is 5.92 Å². The van der Waals surface area contributed by atoms with E-state index in [2.05, 4.69) is 10.0 Å². The Hall–Kier alpha value is -0.700. The van der Waals surface area contributed by atoms with Gasteiger partial charge in [0.25, 0.3) is 0 Å². The van der Waals surface area contributed by atoms with Gasteiger partial charge in [0, 0.05) is 17.6 Å². The largest absolute Gasteiger partial charge is 0.367 e. The molecule has 0 amide bonds. The molecular weight excluding hydrogens is 352 g/mol. The maximum absolute atomic E-state index is 12.5. The molecule has 1 unspecified atom stereocenters. The van der Waals surface area contributed by atoms with Crippen molar-refractivity contribution in [3.8, 4) is 0 Å². The van der Waals surface area contributed by atoms with Gasteiger partial charge >= 0.3 is 0 Å². The van der Waals surface area contributed by atoms with Gasteiger partial charge in [-0.2, -0.15) is 0 Å². The minimum atomic E-state index is -3.62. The molecule has 1 saturated heterocycles. The highest BCUT2D eigenvalue weighted by Gasteiger charge is 2.27. The molecule has 3 N–H and O–H groups in total. The predicted octanol–water partition coefficient (Wildman–Crippen LogP) is 1.73. The van der Waals surface area contributed by atoms with Gasteiger partial charge in [0.15, 0.2) is 6.29 Å². The van der Waals surface area contributed by atoms with Crippen molar-refractivity contribution in [2.45, 2.75) is 50.0 Å². The van der Waals surface area contributed by atoms with Crippen molar-refractivity contribution >= 4 is 21.6 Å². The van der Waals surface area contributed by atoms with Gasteiger partial charge in [-0.25, -0.2) is 13.1 Å². The fourth-order valence-corrected chi connectivity index (χ4v) is 4.09. The lowest BCUT2D eigenvalue weighted by Gasteiger charge is -2.24. The first-order valence-corrected chi connectivity index (χ1v) is 9.95. The van der Waals surface area contributed by atoms with E-state index in [1.54, 1.807) is 12.1 Å². The molecule has 1 aliphatic heterocycles. The van der Waals surface area contributed by atoms with Crippen LogP contribution < -0.4 is 10.0 Å². The van der Waals surface area contributed by atoms with E-state index in [1.165, 1.54) is 12.1 Å². The zero-order valence-electron chi connectivity index (χ0n) is 13.9. The van der Waals surface area contributed by atoms with Crippen LogP contribution in [-0.4, -0.2) is 45.0 Å². The summed E-state index contributed by atoms with van der Waals surface area (Å²) in [7, 11) is -3.62. The minimum Gasteiger partial charge on any atom is -0.367 e. The van der Waals surface area contributed by atoms with Gasteiger partial charge in [-0.15, -0.1) is 0 Å². The van der Waals surface area contributed by atoms with Crippen molar-refractivity contribution in [2.75, 3.05) is 13.2 Å². The van der Waals surface area contributed by atoms with Gasteiger partial charge in [-0.05, 0) is 43.0 Å². The fourth-order valence-electron chi connectivity index (χ4n) is 2.71. The summed E-state index contributed by atoms with van der Waals surface area (Å²) in [5.74, 6) is 0.328. The van der Waals surface area contributed by atoms with Crippen LogP contribution in [0.5, 0.6) is 0 Å². The molecule has 3 atom stereocenters. The molecule has 1 fully saturated rings. The van der Waals surface area contributed by atoms with Gasteiger partial charge in [0.05, 0.1) is 17.5 Å². The highest BCUT2D eigenvalue weighted by atomic mass is 35.5. The molecule has 8 heteroatoms. The lowest BCUT2D eigenvalue weighted by atomic mass is 10.0. The second-order valence-corrected chi connectivity index (χ2v) is 8.62. The van der Waals surface area contributed by atoms with E-state index in [0.29, 0.717) is 36.9 Å². The molecule has 1 heterocycles. The van der Waals surface area contributed by atoms with E-state index in [4.69, 9.17) is 16.3 Å². The zero-order valence-corrected chi connectivity index (χ0v) is 15.5. The van der Waals surface area contributed by atoms with Gasteiger partial charge in [-0.3, -0.25) is 0 Å². The number of aliphatic hydroxyl groups is 1. The number of hydrogen-bond acceptors (Lipinski definition) is 5. The Labute approximate surface area is 148 Å². The standard InChI is InChI=1S/C16H25ClN2O4S/c1-11(2)9-13(10-18-15-7-8-23-16(15)20)19-24(21,22)14-5-3-12(17)4-6-14/h3-6,11,13,15-16,18-20H,7-10H2,1-2H3/t13-,15+,16?/m1/s1. The van der Waals surface area contributed by atoms with Crippen LogP contribution in [0.2, 0.25) is 5.02 Å². The van der Waals surface area contributed by atoms with E-state index in [-0.39, 0.29) is 17.0 Å². The number of ether oxygens (including phenoxy) is 1. The Balaban J connectivity index is 2.02. The summed E-state index contributed by atoms with van der Waals surface area (Å²) < 4.78 is 32.9. The average molecular weight is 377 g/mol. The summed E-state index contributed by atoms with van der Waals surface area (Å²) in [4.78, 5) is 0.185. The van der Waals surface area contributed by atoms with Gasteiger partial charge in [0.1, 0.15) is 0 Å². The van der Waals surface area contributed by atoms with Crippen LogP contribution in [0.15, 0.2) is 29.2 Å². The number of aliphatic hydroxyl groups excluding tert-OH is 1. The fraction of sp³-hybridized carbons (Fsp3) is 0.625. The number of hydrogen-bond donors (Lipinski definition) is 3. The zero-order chi connectivity index (χ0) is 17.7. The number of benzene rings is 1. The third-order valence-electron chi connectivity index (χ3n) is 3.89. The Bertz CT molecular complexity index is 621. The summed E-state index contributed by atoms with van der Waals surface area (Å²) in [6.07, 6.45) is 0.556. The SMILES string of the molecule is CC(C)C[C@H](CN[C@H]1CCOC1O)NS(=O)(=O)c1ccc(Cl)cc1. The third-order valence-corrected chi connectivity index (χ3v) is 5.68. The van der Waals surface area contributed by atoms with Crippen molar-refractivity contribution < 1.29 is 18.3 Å². The summed E-state index contributed by atoms with van der Waals surface area (Å²) in [6, 6.07) is 5.63. The normalized spacial score (nSPS) is 22.9. The van der Waals surface area contributed by atoms with E-state index in [1.807, 2.05) is 13.8 Å². The number of sulfonamides is 1. The molecule has 2 rings (SSSR count). The Morgan fingerprint density at radius 3 is 2.54 bits per heavy atom. The predicted molar refractivity (Wildman–Crippen MR) is 93.4 cm³/mol. The van der Waals surface area contributed by atoms with Crippen LogP contribution in [0.1, 0.15) is 26.7 Å². The van der Waals surface area contributed by atoms with Crippen molar-refractivity contribution in [2.24, 2.45) is 5.92 Å². The van der Waals surface area contributed by atoms with Crippen LogP contribution in [-0.2, 0) is 14.8 Å². The molecule has 24 heavy (non-hydrogen) atoms. The van der Waals surface area contributed by atoms with E-state index < -0.39 is 16.3 Å². The molecule has 0 spiro atoms. The maximum Gasteiger partial charge on any atom is 0.240 e. The van der Waals surface area contributed by atoms with Crippen molar-refractivity contribution in [1.29, 1.82) is 0 Å². The highest BCUT2D eigenvalue weighted by molar-refractivity contribution is 7.89. The number of rotatable bonds is 8. The quantitative estimate of drug-likeness (QED) is 0.643. The molecule has 136 valence electrons. The monoisotopic (exact) mass is 376 g/mol. The minimum absolute atomic E-state index is 0.167. The van der Waals surface area contributed by atoms with Crippen LogP contribution in [0.3, 0.4) is 0 Å². The highest BCUT2D eigenvalue weighted by Crippen LogP contribution is 2.16. The van der Waals surface area contributed by atoms with E-state index in [0.717, 1.165) is 0 Å². The lowest BCUT2D eigenvalue weighted by molar-refractivity contribution is -0.0718. The van der Waals surface area contributed by atoms with Gasteiger partial charge in [-0.1, -0.05) is 25.4 Å². The van der Waals surface area contributed by atoms with Crippen molar-refractivity contribution in [3.05, 3.63) is 29.3 Å². The average Bonchev–Trinajstić information content (AvgIpc) is 2.89. The molecule has 1 aromatic rings. The first kappa shape index (κ1) is 19.6. The Kier molecular flexibility index (Phi) is 7.03. The second-order valence-electron chi connectivity index (χ2n) is 6.47. The molecule has 0 saturated carbocycles. The maximum atomic E-state index is 12.5. The molecule has 0 aliphatic carbocycles.